The summed E-state index contributed by atoms with van der Waals surface area (Å²) in [6.07, 6.45) is 3.98. The Labute approximate surface area is 297 Å². The first-order valence-electron chi connectivity index (χ1n) is 15.9. The minimum Gasteiger partial charge on any atom is -0.352 e. The van der Waals surface area contributed by atoms with Crippen LogP contribution in [0.15, 0.2) is 95.9 Å². The number of aryl methyl sites for hydroxylation is 1. The Morgan fingerprint density at radius 2 is 1.50 bits per heavy atom. The van der Waals surface area contributed by atoms with Gasteiger partial charge in [-0.3, -0.25) is 13.9 Å². The van der Waals surface area contributed by atoms with Crippen molar-refractivity contribution >= 4 is 62.3 Å². The number of nitrogens with one attached hydrogen (secondary N) is 1. The molecule has 4 aromatic carbocycles. The van der Waals surface area contributed by atoms with Gasteiger partial charge in [-0.1, -0.05) is 108 Å². The Hall–Kier alpha value is -3.56. The Balaban J connectivity index is 1.60. The summed E-state index contributed by atoms with van der Waals surface area (Å²) < 4.78 is 29.7. The number of nitrogens with zero attached hydrogens (tertiary/aromatic N) is 2. The summed E-state index contributed by atoms with van der Waals surface area (Å²) in [6.45, 7) is 2.97. The van der Waals surface area contributed by atoms with Gasteiger partial charge in [0.2, 0.25) is 11.8 Å². The van der Waals surface area contributed by atoms with E-state index in [-0.39, 0.29) is 35.5 Å². The van der Waals surface area contributed by atoms with E-state index in [2.05, 4.69) is 5.32 Å². The molecule has 252 valence electrons. The normalized spacial score (nSPS) is 14.0. The zero-order valence-corrected chi connectivity index (χ0v) is 29.9. The van der Waals surface area contributed by atoms with E-state index in [0.717, 1.165) is 41.1 Å². The van der Waals surface area contributed by atoms with Gasteiger partial charge in [-0.2, -0.15) is 0 Å². The molecular weight excluding hydrogens is 689 g/mol. The quantitative estimate of drug-likeness (QED) is 0.160. The molecule has 0 bridgehead atoms. The van der Waals surface area contributed by atoms with Crippen LogP contribution >= 0.6 is 34.8 Å². The van der Waals surface area contributed by atoms with E-state index in [1.165, 1.54) is 17.0 Å². The van der Waals surface area contributed by atoms with Crippen LogP contribution in [0.3, 0.4) is 0 Å². The number of hydrogen-bond donors (Lipinski definition) is 1. The molecule has 0 heterocycles. The van der Waals surface area contributed by atoms with Gasteiger partial charge in [-0.05, 0) is 79.8 Å². The molecule has 5 rings (SSSR count). The molecule has 7 nitrogen and oxygen atoms in total. The fraction of sp³-hybridized carbons (Fsp3) is 0.297. The number of sulfonamides is 1. The van der Waals surface area contributed by atoms with E-state index in [4.69, 9.17) is 34.8 Å². The third-order valence-electron chi connectivity index (χ3n) is 8.71. The van der Waals surface area contributed by atoms with Crippen molar-refractivity contribution < 1.29 is 18.0 Å². The van der Waals surface area contributed by atoms with Crippen LogP contribution in [0.1, 0.15) is 47.9 Å². The zero-order valence-electron chi connectivity index (χ0n) is 26.8. The number of benzene rings is 4. The number of carbonyl (C=O) groups is 2. The Bertz CT molecular complexity index is 1860. The number of amides is 2. The highest BCUT2D eigenvalue weighted by atomic mass is 35.5. The molecule has 1 fully saturated rings. The van der Waals surface area contributed by atoms with Crippen LogP contribution < -0.4 is 9.62 Å². The van der Waals surface area contributed by atoms with E-state index >= 15 is 0 Å². The van der Waals surface area contributed by atoms with Crippen molar-refractivity contribution in [1.82, 2.24) is 10.2 Å². The van der Waals surface area contributed by atoms with Gasteiger partial charge < -0.3 is 10.2 Å². The monoisotopic (exact) mass is 725 g/mol. The molecule has 48 heavy (non-hydrogen) atoms. The summed E-state index contributed by atoms with van der Waals surface area (Å²) in [5.41, 5.74) is 3.14. The third kappa shape index (κ3) is 8.53. The van der Waals surface area contributed by atoms with Gasteiger partial charge in [-0.15, -0.1) is 0 Å². The Morgan fingerprint density at radius 1 is 0.812 bits per heavy atom. The third-order valence-corrected chi connectivity index (χ3v) is 11.6. The summed E-state index contributed by atoms with van der Waals surface area (Å²) in [7, 11) is -4.26. The molecule has 4 aromatic rings. The number of rotatable bonds is 12. The second-order valence-corrected chi connectivity index (χ2v) is 15.3. The molecule has 0 aliphatic heterocycles. The van der Waals surface area contributed by atoms with Crippen LogP contribution in [0.25, 0.3) is 0 Å². The molecule has 0 unspecified atom stereocenters. The van der Waals surface area contributed by atoms with Gasteiger partial charge in [0.25, 0.3) is 10.0 Å². The Kier molecular flexibility index (Phi) is 11.7. The molecule has 0 saturated heterocycles. The summed E-state index contributed by atoms with van der Waals surface area (Å²) in [4.78, 5) is 30.4. The smallest absolute Gasteiger partial charge is 0.264 e. The van der Waals surface area contributed by atoms with Crippen molar-refractivity contribution in [3.63, 3.8) is 0 Å². The summed E-state index contributed by atoms with van der Waals surface area (Å²) >= 11 is 19.1. The van der Waals surface area contributed by atoms with Crippen molar-refractivity contribution in [1.29, 1.82) is 0 Å². The van der Waals surface area contributed by atoms with Gasteiger partial charge in [0.05, 0.1) is 20.6 Å². The maximum atomic E-state index is 14.7. The summed E-state index contributed by atoms with van der Waals surface area (Å²) in [5, 5.41) is 4.18. The second-order valence-electron chi connectivity index (χ2n) is 12.2. The highest BCUT2D eigenvalue weighted by Gasteiger charge is 2.36. The molecule has 1 aliphatic carbocycles. The molecular formula is C37H38Cl3N3O4S. The first-order valence-corrected chi connectivity index (χ1v) is 18.4. The number of halogens is 3. The SMILES string of the molecule is Cc1ccc(S(=O)(=O)N(CC(=O)N(Cc2ccc(Cl)c(Cl)c2)[C@@H](Cc2ccccc2)C(=O)NC2CCCC2)c2cccc(Cl)c2C)cc1. The van der Waals surface area contributed by atoms with Gasteiger partial charge >= 0.3 is 0 Å². The molecule has 2 amide bonds. The van der Waals surface area contributed by atoms with Crippen LogP contribution in [0.5, 0.6) is 0 Å². The second kappa shape index (κ2) is 15.8. The minimum atomic E-state index is -4.26. The Morgan fingerprint density at radius 3 is 2.17 bits per heavy atom. The summed E-state index contributed by atoms with van der Waals surface area (Å²) in [6, 6.07) is 24.9. The zero-order chi connectivity index (χ0) is 34.4. The van der Waals surface area contributed by atoms with E-state index in [1.807, 2.05) is 37.3 Å². The summed E-state index contributed by atoms with van der Waals surface area (Å²) in [5.74, 6) is -0.871. The maximum absolute atomic E-state index is 14.7. The van der Waals surface area contributed by atoms with Gasteiger partial charge in [0, 0.05) is 24.0 Å². The van der Waals surface area contributed by atoms with Crippen molar-refractivity contribution in [3.8, 4) is 0 Å². The predicted molar refractivity (Wildman–Crippen MR) is 193 cm³/mol. The lowest BCUT2D eigenvalue weighted by Crippen LogP contribution is -2.54. The standard InChI is InChI=1S/C37H38Cl3N3O4S/c1-25-15-18-30(19-16-25)48(46,47)43(34-14-8-13-31(38)26(34)2)24-36(44)42(23-28-17-20-32(39)33(40)21-28)35(22-27-9-4-3-5-10-27)37(45)41-29-11-6-7-12-29/h3-5,8-10,13-21,29,35H,6-7,11-12,22-24H2,1-2H3,(H,41,45)/t35-/m0/s1. The minimum absolute atomic E-state index is 0.00484. The van der Waals surface area contributed by atoms with Gasteiger partial charge in [0.15, 0.2) is 0 Å². The highest BCUT2D eigenvalue weighted by molar-refractivity contribution is 7.92. The average molecular weight is 727 g/mol. The van der Waals surface area contributed by atoms with E-state index in [0.29, 0.717) is 26.2 Å². The topological polar surface area (TPSA) is 86.8 Å². The molecule has 0 radical (unpaired) electrons. The van der Waals surface area contributed by atoms with Crippen LogP contribution in [0, 0.1) is 13.8 Å². The van der Waals surface area contributed by atoms with Crippen molar-refractivity contribution in [2.75, 3.05) is 10.8 Å². The fourth-order valence-electron chi connectivity index (χ4n) is 5.97. The highest BCUT2D eigenvalue weighted by Crippen LogP contribution is 2.32. The average Bonchev–Trinajstić information content (AvgIpc) is 3.58. The molecule has 0 spiro atoms. The first kappa shape index (κ1) is 35.7. The van der Waals surface area contributed by atoms with Gasteiger partial charge in [-0.25, -0.2) is 8.42 Å². The number of hydrogen-bond acceptors (Lipinski definition) is 4. The van der Waals surface area contributed by atoms with Gasteiger partial charge in [0.1, 0.15) is 12.6 Å². The van der Waals surface area contributed by atoms with Crippen LogP contribution in [0.2, 0.25) is 15.1 Å². The lowest BCUT2D eigenvalue weighted by Gasteiger charge is -2.34. The molecule has 1 N–H and O–H groups in total. The lowest BCUT2D eigenvalue weighted by molar-refractivity contribution is -0.140. The molecule has 1 atom stereocenters. The van der Waals surface area contributed by atoms with Crippen molar-refractivity contribution in [3.05, 3.63) is 128 Å². The lowest BCUT2D eigenvalue weighted by atomic mass is 10.0. The first-order chi connectivity index (χ1) is 22.9. The van der Waals surface area contributed by atoms with Crippen LogP contribution in [-0.4, -0.2) is 43.8 Å². The molecule has 11 heteroatoms. The largest absolute Gasteiger partial charge is 0.352 e. The molecule has 1 saturated carbocycles. The van der Waals surface area contributed by atoms with E-state index in [9.17, 15) is 18.0 Å². The van der Waals surface area contributed by atoms with Crippen LogP contribution in [0.4, 0.5) is 5.69 Å². The number of anilines is 1. The molecule has 0 aromatic heterocycles. The fourth-order valence-corrected chi connectivity index (χ4v) is 7.94. The maximum Gasteiger partial charge on any atom is 0.264 e. The predicted octanol–water partition coefficient (Wildman–Crippen LogP) is 8.16. The van der Waals surface area contributed by atoms with E-state index in [1.54, 1.807) is 55.5 Å². The van der Waals surface area contributed by atoms with Crippen molar-refractivity contribution in [2.45, 2.75) is 69.5 Å². The van der Waals surface area contributed by atoms with E-state index < -0.39 is 28.5 Å². The number of carbonyl (C=O) groups excluding carboxylic acids is 2. The molecule has 1 aliphatic rings. The van der Waals surface area contributed by atoms with Crippen molar-refractivity contribution in [2.24, 2.45) is 0 Å². The van der Waals surface area contributed by atoms with Crippen LogP contribution in [-0.2, 0) is 32.6 Å².